The summed E-state index contributed by atoms with van der Waals surface area (Å²) in [4.78, 5) is 32.3. The molecule has 4 rings (SSSR count). The second-order valence-electron chi connectivity index (χ2n) is 9.35. The van der Waals surface area contributed by atoms with Crippen molar-refractivity contribution < 1.29 is 9.59 Å². The molecule has 2 fully saturated rings. The minimum absolute atomic E-state index is 0.132. The fourth-order valence-corrected chi connectivity index (χ4v) is 4.84. The van der Waals surface area contributed by atoms with Crippen LogP contribution in [-0.4, -0.2) is 65.9 Å². The molecule has 2 heterocycles. The molecule has 0 spiro atoms. The molecule has 1 atom stereocenters. The number of urea groups is 1. The Morgan fingerprint density at radius 2 is 1.79 bits per heavy atom. The van der Waals surface area contributed by atoms with Crippen LogP contribution in [0.5, 0.6) is 0 Å². The molecule has 2 aliphatic heterocycles. The Morgan fingerprint density at radius 1 is 1.00 bits per heavy atom. The average Bonchev–Trinajstić information content (AvgIpc) is 3.10. The molecule has 7 nitrogen and oxygen atoms in total. The number of piperidine rings is 1. The third-order valence-corrected chi connectivity index (χ3v) is 6.72. The van der Waals surface area contributed by atoms with Gasteiger partial charge in [0.15, 0.2) is 0 Å². The lowest BCUT2D eigenvalue weighted by molar-refractivity contribution is -0.136. The molecule has 34 heavy (non-hydrogen) atoms. The molecule has 2 aromatic rings. The lowest BCUT2D eigenvalue weighted by Crippen LogP contribution is -2.48. The molecule has 2 saturated heterocycles. The Hall–Kier alpha value is -3.37. The summed E-state index contributed by atoms with van der Waals surface area (Å²) in [7, 11) is 0. The van der Waals surface area contributed by atoms with Crippen molar-refractivity contribution >= 4 is 17.6 Å². The first-order valence-electron chi connectivity index (χ1n) is 12.1. The molecule has 2 aromatic carbocycles. The molecule has 178 valence electrons. The topological polar surface area (TPSA) is 79.7 Å². The number of nitrogens with one attached hydrogen (secondary N) is 1. The molecule has 7 heteroatoms. The van der Waals surface area contributed by atoms with E-state index in [0.29, 0.717) is 25.2 Å². The molecule has 0 aliphatic carbocycles. The SMILES string of the molecule is Cc1cccc(NC(=O)N2CCCC(C(=O)N3CCCN(Cc4ccc(C#N)cc4)CC3)C2)c1. The molecule has 1 N–H and O–H groups in total. The second-order valence-corrected chi connectivity index (χ2v) is 9.35. The summed E-state index contributed by atoms with van der Waals surface area (Å²) in [5.74, 6) is 0.0374. The standard InChI is InChI=1S/C27H33N5O2/c1-21-5-2-7-25(17-21)29-27(34)32-13-3-6-24(20-32)26(33)31-14-4-12-30(15-16-31)19-23-10-8-22(18-28)9-11-23/h2,5,7-11,17,24H,3-4,6,12-16,19-20H2,1H3,(H,29,34). The Kier molecular flexibility index (Phi) is 7.81. The first-order valence-corrected chi connectivity index (χ1v) is 12.1. The summed E-state index contributed by atoms with van der Waals surface area (Å²) in [5, 5.41) is 12.0. The highest BCUT2D eigenvalue weighted by atomic mass is 16.2. The van der Waals surface area contributed by atoms with E-state index < -0.39 is 0 Å². The van der Waals surface area contributed by atoms with Gasteiger partial charge < -0.3 is 15.1 Å². The predicted molar refractivity (Wildman–Crippen MR) is 132 cm³/mol. The van der Waals surface area contributed by atoms with E-state index >= 15 is 0 Å². The van der Waals surface area contributed by atoms with Gasteiger partial charge in [-0.2, -0.15) is 5.26 Å². The van der Waals surface area contributed by atoms with Crippen LogP contribution < -0.4 is 5.32 Å². The molecule has 3 amide bonds. The van der Waals surface area contributed by atoms with Crippen molar-refractivity contribution in [3.63, 3.8) is 0 Å². The molecular weight excluding hydrogens is 426 g/mol. The average molecular weight is 460 g/mol. The number of hydrogen-bond acceptors (Lipinski definition) is 4. The van der Waals surface area contributed by atoms with E-state index in [9.17, 15) is 9.59 Å². The van der Waals surface area contributed by atoms with Crippen molar-refractivity contribution in [2.24, 2.45) is 5.92 Å². The maximum Gasteiger partial charge on any atom is 0.321 e. The largest absolute Gasteiger partial charge is 0.341 e. The van der Waals surface area contributed by atoms with Crippen LogP contribution in [0.2, 0.25) is 0 Å². The van der Waals surface area contributed by atoms with Gasteiger partial charge in [0.1, 0.15) is 0 Å². The molecule has 1 unspecified atom stereocenters. The van der Waals surface area contributed by atoms with E-state index in [1.54, 1.807) is 4.90 Å². The fourth-order valence-electron chi connectivity index (χ4n) is 4.84. The quantitative estimate of drug-likeness (QED) is 0.753. The highest BCUT2D eigenvalue weighted by Crippen LogP contribution is 2.21. The normalized spacial score (nSPS) is 19.2. The molecule has 0 radical (unpaired) electrons. The molecule has 0 aromatic heterocycles. The smallest absolute Gasteiger partial charge is 0.321 e. The zero-order chi connectivity index (χ0) is 23.9. The zero-order valence-electron chi connectivity index (χ0n) is 19.9. The van der Waals surface area contributed by atoms with Crippen molar-refractivity contribution in [1.82, 2.24) is 14.7 Å². The van der Waals surface area contributed by atoms with Crippen LogP contribution in [0.1, 0.15) is 36.0 Å². The minimum atomic E-state index is -0.137. The van der Waals surface area contributed by atoms with Crippen LogP contribution in [0, 0.1) is 24.2 Å². The molecular formula is C27H33N5O2. The number of carbonyl (C=O) groups is 2. The highest BCUT2D eigenvalue weighted by Gasteiger charge is 2.32. The van der Waals surface area contributed by atoms with Crippen LogP contribution in [0.15, 0.2) is 48.5 Å². The van der Waals surface area contributed by atoms with Gasteiger partial charge in [0.05, 0.1) is 17.6 Å². The summed E-state index contributed by atoms with van der Waals surface area (Å²) in [6, 6.07) is 17.5. The van der Waals surface area contributed by atoms with E-state index in [0.717, 1.165) is 56.7 Å². The number of nitrogens with zero attached hydrogens (tertiary/aromatic N) is 4. The van der Waals surface area contributed by atoms with Gasteiger partial charge >= 0.3 is 6.03 Å². The van der Waals surface area contributed by atoms with Crippen molar-refractivity contribution in [1.29, 1.82) is 5.26 Å². The molecule has 0 saturated carbocycles. The van der Waals surface area contributed by atoms with Gasteiger partial charge in [-0.05, 0) is 61.6 Å². The number of carbonyl (C=O) groups excluding carboxylic acids is 2. The summed E-state index contributed by atoms with van der Waals surface area (Å²) in [6.45, 7) is 7.22. The zero-order valence-corrected chi connectivity index (χ0v) is 19.9. The van der Waals surface area contributed by atoms with E-state index in [2.05, 4.69) is 16.3 Å². The van der Waals surface area contributed by atoms with Gasteiger partial charge in [0.2, 0.25) is 5.91 Å². The summed E-state index contributed by atoms with van der Waals surface area (Å²) in [5.41, 5.74) is 3.74. The Labute approximate surface area is 201 Å². The van der Waals surface area contributed by atoms with E-state index in [4.69, 9.17) is 5.26 Å². The van der Waals surface area contributed by atoms with Crippen LogP contribution in [0.25, 0.3) is 0 Å². The highest BCUT2D eigenvalue weighted by molar-refractivity contribution is 5.90. The Balaban J connectivity index is 1.29. The number of anilines is 1. The van der Waals surface area contributed by atoms with Gasteiger partial charge in [-0.25, -0.2) is 4.79 Å². The number of nitriles is 1. The number of aryl methyl sites for hydroxylation is 1. The van der Waals surface area contributed by atoms with Crippen LogP contribution in [-0.2, 0) is 11.3 Å². The Bertz CT molecular complexity index is 1050. The van der Waals surface area contributed by atoms with E-state index in [-0.39, 0.29) is 17.9 Å². The van der Waals surface area contributed by atoms with Gasteiger partial charge in [0.25, 0.3) is 0 Å². The lowest BCUT2D eigenvalue weighted by atomic mass is 9.96. The van der Waals surface area contributed by atoms with Gasteiger partial charge in [-0.1, -0.05) is 24.3 Å². The molecule has 0 bridgehead atoms. The third-order valence-electron chi connectivity index (χ3n) is 6.72. The predicted octanol–water partition coefficient (Wildman–Crippen LogP) is 3.85. The fraction of sp³-hybridized carbons (Fsp3) is 0.444. The maximum absolute atomic E-state index is 13.3. The number of rotatable bonds is 4. The van der Waals surface area contributed by atoms with Crippen LogP contribution in [0.3, 0.4) is 0 Å². The summed E-state index contributed by atoms with van der Waals surface area (Å²) >= 11 is 0. The maximum atomic E-state index is 13.3. The monoisotopic (exact) mass is 459 g/mol. The summed E-state index contributed by atoms with van der Waals surface area (Å²) < 4.78 is 0. The van der Waals surface area contributed by atoms with Gasteiger partial charge in [0, 0.05) is 51.5 Å². The number of benzene rings is 2. The van der Waals surface area contributed by atoms with Crippen molar-refractivity contribution in [3.8, 4) is 6.07 Å². The second kappa shape index (κ2) is 11.2. The van der Waals surface area contributed by atoms with Crippen molar-refractivity contribution in [3.05, 3.63) is 65.2 Å². The van der Waals surface area contributed by atoms with Crippen LogP contribution >= 0.6 is 0 Å². The van der Waals surface area contributed by atoms with Crippen molar-refractivity contribution in [2.75, 3.05) is 44.6 Å². The minimum Gasteiger partial charge on any atom is -0.341 e. The number of hydrogen-bond donors (Lipinski definition) is 1. The number of amides is 3. The van der Waals surface area contributed by atoms with E-state index in [1.165, 1.54) is 5.56 Å². The third kappa shape index (κ3) is 6.15. The first-order chi connectivity index (χ1) is 16.5. The first kappa shape index (κ1) is 23.8. The Morgan fingerprint density at radius 3 is 2.56 bits per heavy atom. The lowest BCUT2D eigenvalue weighted by Gasteiger charge is -2.34. The summed E-state index contributed by atoms with van der Waals surface area (Å²) in [6.07, 6.45) is 2.61. The van der Waals surface area contributed by atoms with E-state index in [1.807, 2.05) is 60.4 Å². The van der Waals surface area contributed by atoms with Gasteiger partial charge in [-0.3, -0.25) is 9.69 Å². The van der Waals surface area contributed by atoms with Crippen molar-refractivity contribution in [2.45, 2.75) is 32.7 Å². The molecule has 2 aliphatic rings. The van der Waals surface area contributed by atoms with Crippen LogP contribution in [0.4, 0.5) is 10.5 Å². The number of likely N-dealkylation sites (tertiary alicyclic amines) is 1. The van der Waals surface area contributed by atoms with Gasteiger partial charge in [-0.15, -0.1) is 0 Å².